The first-order chi connectivity index (χ1) is 8.09. The summed E-state index contributed by atoms with van der Waals surface area (Å²) < 4.78 is 0. The van der Waals surface area contributed by atoms with Crippen LogP contribution in [0.2, 0.25) is 0 Å². The van der Waals surface area contributed by atoms with E-state index in [4.69, 9.17) is 5.73 Å². The second kappa shape index (κ2) is 4.65. The zero-order valence-electron chi connectivity index (χ0n) is 10.0. The third-order valence-corrected chi connectivity index (χ3v) is 3.36. The summed E-state index contributed by atoms with van der Waals surface area (Å²) in [5, 5.41) is 9.22. The number of nitrogen functional groups attached to an aromatic ring is 1. The van der Waals surface area contributed by atoms with E-state index in [1.54, 1.807) is 12.1 Å². The van der Waals surface area contributed by atoms with Crippen LogP contribution >= 0.6 is 0 Å². The highest BCUT2D eigenvalue weighted by Gasteiger charge is 2.23. The fourth-order valence-electron chi connectivity index (χ4n) is 2.43. The molecule has 3 N–H and O–H groups in total. The molecule has 0 aliphatic carbocycles. The second-order valence-electron chi connectivity index (χ2n) is 4.62. The van der Waals surface area contributed by atoms with Gasteiger partial charge in [-0.25, -0.2) is 4.79 Å². The highest BCUT2D eigenvalue weighted by Crippen LogP contribution is 2.29. The fraction of sp³-hybridized carbons (Fsp3) is 0.462. The van der Waals surface area contributed by atoms with Crippen molar-refractivity contribution in [1.29, 1.82) is 0 Å². The lowest BCUT2D eigenvalue weighted by molar-refractivity contribution is 0.0697. The van der Waals surface area contributed by atoms with E-state index in [0.717, 1.165) is 25.1 Å². The topological polar surface area (TPSA) is 66.6 Å². The van der Waals surface area contributed by atoms with Crippen LogP contribution in [0.1, 0.15) is 36.5 Å². The molecule has 0 spiro atoms. The zero-order chi connectivity index (χ0) is 12.4. The van der Waals surface area contributed by atoms with Crippen molar-refractivity contribution in [3.8, 4) is 0 Å². The SMILES string of the molecule is CC1CCCCN1c1ccc(N)cc1C(=O)O. The Labute approximate surface area is 101 Å². The van der Waals surface area contributed by atoms with Gasteiger partial charge in [-0.1, -0.05) is 0 Å². The normalized spacial score (nSPS) is 20.3. The quantitative estimate of drug-likeness (QED) is 0.771. The van der Waals surface area contributed by atoms with E-state index < -0.39 is 5.97 Å². The molecule has 4 nitrogen and oxygen atoms in total. The average Bonchev–Trinajstić information content (AvgIpc) is 2.30. The molecule has 0 radical (unpaired) electrons. The van der Waals surface area contributed by atoms with Gasteiger partial charge in [0, 0.05) is 18.3 Å². The van der Waals surface area contributed by atoms with Crippen LogP contribution in [0.4, 0.5) is 11.4 Å². The number of hydrogen-bond acceptors (Lipinski definition) is 3. The first kappa shape index (κ1) is 11.8. The molecule has 2 rings (SSSR count). The van der Waals surface area contributed by atoms with Crippen LogP contribution in [0, 0.1) is 0 Å². The fourth-order valence-corrected chi connectivity index (χ4v) is 2.43. The van der Waals surface area contributed by atoms with Gasteiger partial charge in [0.05, 0.1) is 11.3 Å². The maximum Gasteiger partial charge on any atom is 0.337 e. The molecule has 0 amide bonds. The van der Waals surface area contributed by atoms with Gasteiger partial charge < -0.3 is 15.7 Å². The summed E-state index contributed by atoms with van der Waals surface area (Å²) >= 11 is 0. The lowest BCUT2D eigenvalue weighted by Gasteiger charge is -2.36. The van der Waals surface area contributed by atoms with Crippen molar-refractivity contribution in [2.75, 3.05) is 17.2 Å². The van der Waals surface area contributed by atoms with Crippen LogP contribution in [0.3, 0.4) is 0 Å². The number of anilines is 2. The minimum absolute atomic E-state index is 0.304. The molecule has 1 unspecified atom stereocenters. The lowest BCUT2D eigenvalue weighted by atomic mass is 10.0. The number of carbonyl (C=O) groups is 1. The van der Waals surface area contributed by atoms with Crippen molar-refractivity contribution in [3.05, 3.63) is 23.8 Å². The lowest BCUT2D eigenvalue weighted by Crippen LogP contribution is -2.38. The summed E-state index contributed by atoms with van der Waals surface area (Å²) in [4.78, 5) is 13.4. The number of carboxylic acids is 1. The summed E-state index contributed by atoms with van der Waals surface area (Å²) in [6.45, 7) is 3.06. The molecular weight excluding hydrogens is 216 g/mol. The Bertz CT molecular complexity index is 431. The first-order valence-electron chi connectivity index (χ1n) is 5.99. The largest absolute Gasteiger partial charge is 0.478 e. The van der Waals surface area contributed by atoms with Crippen molar-refractivity contribution in [1.82, 2.24) is 0 Å². The third kappa shape index (κ3) is 2.35. The molecule has 1 atom stereocenters. The smallest absolute Gasteiger partial charge is 0.337 e. The Kier molecular flexibility index (Phi) is 3.22. The number of benzene rings is 1. The van der Waals surface area contributed by atoms with Crippen molar-refractivity contribution in [3.63, 3.8) is 0 Å². The molecule has 1 aromatic carbocycles. The maximum atomic E-state index is 11.2. The summed E-state index contributed by atoms with van der Waals surface area (Å²) in [5.74, 6) is -0.912. The van der Waals surface area contributed by atoms with E-state index in [2.05, 4.69) is 11.8 Å². The summed E-state index contributed by atoms with van der Waals surface area (Å²) in [7, 11) is 0. The second-order valence-corrected chi connectivity index (χ2v) is 4.62. The Morgan fingerprint density at radius 3 is 2.88 bits per heavy atom. The number of nitrogens with zero attached hydrogens (tertiary/aromatic N) is 1. The van der Waals surface area contributed by atoms with Crippen LogP contribution in [-0.4, -0.2) is 23.7 Å². The Balaban J connectivity index is 2.39. The van der Waals surface area contributed by atoms with Gasteiger partial charge in [0.25, 0.3) is 0 Å². The van der Waals surface area contributed by atoms with Crippen LogP contribution in [-0.2, 0) is 0 Å². The summed E-state index contributed by atoms with van der Waals surface area (Å²) in [6.07, 6.45) is 3.45. The average molecular weight is 234 g/mol. The van der Waals surface area contributed by atoms with Crippen LogP contribution in [0.5, 0.6) is 0 Å². The highest BCUT2D eigenvalue weighted by atomic mass is 16.4. The van der Waals surface area contributed by atoms with E-state index in [-0.39, 0.29) is 0 Å². The van der Waals surface area contributed by atoms with E-state index >= 15 is 0 Å². The van der Waals surface area contributed by atoms with Gasteiger partial charge in [0.15, 0.2) is 0 Å². The van der Waals surface area contributed by atoms with Crippen molar-refractivity contribution in [2.45, 2.75) is 32.2 Å². The molecule has 1 saturated heterocycles. The molecule has 92 valence electrons. The number of piperidine rings is 1. The Hall–Kier alpha value is -1.71. The predicted octanol–water partition coefficient (Wildman–Crippen LogP) is 2.35. The van der Waals surface area contributed by atoms with E-state index in [9.17, 15) is 9.90 Å². The molecule has 1 fully saturated rings. The predicted molar refractivity (Wildman–Crippen MR) is 68.5 cm³/mol. The van der Waals surface area contributed by atoms with Crippen molar-refractivity contribution < 1.29 is 9.90 Å². The number of nitrogens with two attached hydrogens (primary N) is 1. The van der Waals surface area contributed by atoms with Crippen LogP contribution in [0.25, 0.3) is 0 Å². The van der Waals surface area contributed by atoms with Crippen LogP contribution in [0.15, 0.2) is 18.2 Å². The van der Waals surface area contributed by atoms with Gasteiger partial charge in [-0.05, 0) is 44.4 Å². The number of aromatic carboxylic acids is 1. The Morgan fingerprint density at radius 2 is 2.24 bits per heavy atom. The molecule has 4 heteroatoms. The van der Waals surface area contributed by atoms with E-state index in [1.165, 1.54) is 6.42 Å². The molecule has 1 aliphatic heterocycles. The molecule has 1 aromatic rings. The number of rotatable bonds is 2. The van der Waals surface area contributed by atoms with Gasteiger partial charge in [0.1, 0.15) is 0 Å². The molecule has 17 heavy (non-hydrogen) atoms. The molecule has 0 saturated carbocycles. The van der Waals surface area contributed by atoms with Crippen molar-refractivity contribution in [2.24, 2.45) is 0 Å². The molecule has 1 aliphatic rings. The summed E-state index contributed by atoms with van der Waals surface area (Å²) in [6, 6.07) is 5.52. The minimum atomic E-state index is -0.912. The standard InChI is InChI=1S/C13H18N2O2/c1-9-4-2-3-7-15(9)12-6-5-10(14)8-11(12)13(16)17/h5-6,8-9H,2-4,7,14H2,1H3,(H,16,17). The molecule has 1 heterocycles. The summed E-state index contributed by atoms with van der Waals surface area (Å²) in [5.41, 5.74) is 7.24. The zero-order valence-corrected chi connectivity index (χ0v) is 10.0. The van der Waals surface area contributed by atoms with Gasteiger partial charge >= 0.3 is 5.97 Å². The van der Waals surface area contributed by atoms with Gasteiger partial charge in [-0.3, -0.25) is 0 Å². The minimum Gasteiger partial charge on any atom is -0.478 e. The molecular formula is C13H18N2O2. The van der Waals surface area contributed by atoms with E-state index in [0.29, 0.717) is 17.3 Å². The highest BCUT2D eigenvalue weighted by molar-refractivity contribution is 5.95. The van der Waals surface area contributed by atoms with Gasteiger partial charge in [0.2, 0.25) is 0 Å². The number of carboxylic acid groups (broad SMARTS) is 1. The monoisotopic (exact) mass is 234 g/mol. The molecule has 0 bridgehead atoms. The molecule has 0 aromatic heterocycles. The van der Waals surface area contributed by atoms with Gasteiger partial charge in [-0.2, -0.15) is 0 Å². The Morgan fingerprint density at radius 1 is 1.47 bits per heavy atom. The third-order valence-electron chi connectivity index (χ3n) is 3.36. The van der Waals surface area contributed by atoms with Crippen LogP contribution < -0.4 is 10.6 Å². The van der Waals surface area contributed by atoms with Crippen molar-refractivity contribution >= 4 is 17.3 Å². The first-order valence-corrected chi connectivity index (χ1v) is 5.99. The van der Waals surface area contributed by atoms with Gasteiger partial charge in [-0.15, -0.1) is 0 Å². The van der Waals surface area contributed by atoms with E-state index in [1.807, 2.05) is 6.07 Å². The number of hydrogen-bond donors (Lipinski definition) is 2. The maximum absolute atomic E-state index is 11.2.